The van der Waals surface area contributed by atoms with Crippen LogP contribution in [0, 0.1) is 5.82 Å². The Bertz CT molecular complexity index is 565. The molecule has 1 unspecified atom stereocenters. The molecule has 1 fully saturated rings. The normalized spacial score (nSPS) is 22.6. The Hall–Kier alpha value is -1.95. The molecular formula is C15H19FN2O3. The smallest absolute Gasteiger partial charge is 0.325 e. The monoisotopic (exact) mass is 294 g/mol. The maximum atomic E-state index is 13.1. The minimum Gasteiger partial charge on any atom is -0.389 e. The molecular weight excluding hydrogens is 275 g/mol. The van der Waals surface area contributed by atoms with Crippen LogP contribution in [0.2, 0.25) is 0 Å². The summed E-state index contributed by atoms with van der Waals surface area (Å²) in [5.41, 5.74) is -1.85. The molecule has 0 bridgehead atoms. The van der Waals surface area contributed by atoms with Crippen molar-refractivity contribution in [2.75, 3.05) is 6.54 Å². The Balaban J connectivity index is 2.39. The molecule has 1 saturated heterocycles. The van der Waals surface area contributed by atoms with Crippen molar-refractivity contribution in [2.45, 2.75) is 38.3 Å². The third-order valence-electron chi connectivity index (χ3n) is 3.59. The molecule has 1 aliphatic heterocycles. The zero-order valence-corrected chi connectivity index (χ0v) is 12.3. The highest BCUT2D eigenvalue weighted by molar-refractivity contribution is 6.07. The van der Waals surface area contributed by atoms with Gasteiger partial charge >= 0.3 is 6.03 Å². The number of urea groups is 1. The van der Waals surface area contributed by atoms with E-state index >= 15 is 0 Å². The van der Waals surface area contributed by atoms with Gasteiger partial charge in [-0.15, -0.1) is 0 Å². The first-order valence-electron chi connectivity index (χ1n) is 6.82. The Kier molecular flexibility index (Phi) is 3.76. The highest BCUT2D eigenvalue weighted by Gasteiger charge is 2.52. The first-order valence-corrected chi connectivity index (χ1v) is 6.82. The standard InChI is InChI=1S/C15H19FN2O3/c1-4-15(10-5-7-11(16)8-6-10)12(19)18(13(20)17-15)9-14(2,3)21/h5-8,21H,4,9H2,1-3H3,(H,17,20). The van der Waals surface area contributed by atoms with Crippen LogP contribution in [0.3, 0.4) is 0 Å². The van der Waals surface area contributed by atoms with Crippen molar-refractivity contribution in [1.82, 2.24) is 10.2 Å². The molecule has 0 saturated carbocycles. The number of aliphatic hydroxyl groups is 1. The van der Waals surface area contributed by atoms with Crippen molar-refractivity contribution in [2.24, 2.45) is 0 Å². The summed E-state index contributed by atoms with van der Waals surface area (Å²) < 4.78 is 13.1. The number of nitrogens with one attached hydrogen (secondary N) is 1. The number of carbonyl (C=O) groups excluding carboxylic acids is 2. The van der Waals surface area contributed by atoms with Gasteiger partial charge in [0.25, 0.3) is 5.91 Å². The topological polar surface area (TPSA) is 69.6 Å². The van der Waals surface area contributed by atoms with E-state index in [9.17, 15) is 19.1 Å². The first kappa shape index (κ1) is 15.4. The van der Waals surface area contributed by atoms with Gasteiger partial charge in [-0.25, -0.2) is 9.18 Å². The number of hydrogen-bond acceptors (Lipinski definition) is 3. The number of nitrogens with zero attached hydrogens (tertiary/aromatic N) is 1. The molecule has 21 heavy (non-hydrogen) atoms. The lowest BCUT2D eigenvalue weighted by Gasteiger charge is -2.27. The second kappa shape index (κ2) is 5.11. The van der Waals surface area contributed by atoms with Crippen LogP contribution in [0.25, 0.3) is 0 Å². The van der Waals surface area contributed by atoms with Crippen molar-refractivity contribution in [3.63, 3.8) is 0 Å². The van der Waals surface area contributed by atoms with Gasteiger partial charge in [-0.2, -0.15) is 0 Å². The van der Waals surface area contributed by atoms with Crippen molar-refractivity contribution in [3.05, 3.63) is 35.6 Å². The van der Waals surface area contributed by atoms with Gasteiger partial charge in [0.05, 0.1) is 12.1 Å². The summed E-state index contributed by atoms with van der Waals surface area (Å²) in [6, 6.07) is 4.94. The predicted molar refractivity (Wildman–Crippen MR) is 74.9 cm³/mol. The van der Waals surface area contributed by atoms with Gasteiger partial charge in [-0.1, -0.05) is 19.1 Å². The van der Waals surface area contributed by atoms with Gasteiger partial charge in [0.2, 0.25) is 0 Å². The SMILES string of the molecule is CCC1(c2ccc(F)cc2)NC(=O)N(CC(C)(C)O)C1=O. The fourth-order valence-corrected chi connectivity index (χ4v) is 2.53. The third-order valence-corrected chi connectivity index (χ3v) is 3.59. The molecule has 0 spiro atoms. The van der Waals surface area contributed by atoms with Crippen LogP contribution in [0.15, 0.2) is 24.3 Å². The van der Waals surface area contributed by atoms with Crippen LogP contribution in [0.5, 0.6) is 0 Å². The number of imide groups is 1. The molecule has 0 radical (unpaired) electrons. The summed E-state index contributed by atoms with van der Waals surface area (Å²) >= 11 is 0. The van der Waals surface area contributed by atoms with Crippen LogP contribution in [-0.2, 0) is 10.3 Å². The summed E-state index contributed by atoms with van der Waals surface area (Å²) in [7, 11) is 0. The number of carbonyl (C=O) groups is 2. The summed E-state index contributed by atoms with van der Waals surface area (Å²) in [6.45, 7) is 4.73. The Morgan fingerprint density at radius 2 is 1.86 bits per heavy atom. The van der Waals surface area contributed by atoms with Gasteiger partial charge in [0, 0.05) is 0 Å². The second-order valence-corrected chi connectivity index (χ2v) is 5.90. The van der Waals surface area contributed by atoms with Crippen molar-refractivity contribution >= 4 is 11.9 Å². The average molecular weight is 294 g/mol. The Morgan fingerprint density at radius 1 is 1.29 bits per heavy atom. The Morgan fingerprint density at radius 3 is 2.33 bits per heavy atom. The van der Waals surface area contributed by atoms with Gasteiger partial charge in [0.1, 0.15) is 11.4 Å². The minimum absolute atomic E-state index is 0.0966. The summed E-state index contributed by atoms with van der Waals surface area (Å²) in [5.74, 6) is -0.834. The number of benzene rings is 1. The molecule has 6 heteroatoms. The number of amides is 3. The maximum absolute atomic E-state index is 13.1. The predicted octanol–water partition coefficient (Wildman–Crippen LogP) is 1.75. The van der Waals surface area contributed by atoms with E-state index in [0.29, 0.717) is 12.0 Å². The number of halogens is 1. The molecule has 1 aliphatic rings. The summed E-state index contributed by atoms with van der Waals surface area (Å²) in [6.07, 6.45) is 0.339. The zero-order valence-electron chi connectivity index (χ0n) is 12.3. The van der Waals surface area contributed by atoms with Gasteiger partial charge in [-0.05, 0) is 38.0 Å². The maximum Gasteiger partial charge on any atom is 0.325 e. The van der Waals surface area contributed by atoms with Crippen LogP contribution in [-0.4, -0.2) is 34.1 Å². The van der Waals surface area contributed by atoms with E-state index in [4.69, 9.17) is 0 Å². The van der Waals surface area contributed by atoms with E-state index in [1.165, 1.54) is 38.1 Å². The van der Waals surface area contributed by atoms with E-state index in [1.54, 1.807) is 6.92 Å². The van der Waals surface area contributed by atoms with Crippen molar-refractivity contribution in [3.8, 4) is 0 Å². The zero-order chi connectivity index (χ0) is 15.8. The van der Waals surface area contributed by atoms with E-state index in [0.717, 1.165) is 4.90 Å². The van der Waals surface area contributed by atoms with Gasteiger partial charge in [0.15, 0.2) is 0 Å². The lowest BCUT2D eigenvalue weighted by molar-refractivity contribution is -0.133. The highest BCUT2D eigenvalue weighted by atomic mass is 19.1. The van der Waals surface area contributed by atoms with E-state index in [2.05, 4.69) is 5.32 Å². The lowest BCUT2D eigenvalue weighted by Crippen LogP contribution is -2.45. The molecule has 114 valence electrons. The fourth-order valence-electron chi connectivity index (χ4n) is 2.53. The van der Waals surface area contributed by atoms with Crippen molar-refractivity contribution < 1.29 is 19.1 Å². The number of rotatable bonds is 4. The number of β-amino-alcohol motifs (C(OH)–C–C–N with tert-alkyl or cyclic N) is 1. The van der Waals surface area contributed by atoms with Crippen LogP contribution < -0.4 is 5.32 Å². The van der Waals surface area contributed by atoms with E-state index in [1.807, 2.05) is 0 Å². The lowest BCUT2D eigenvalue weighted by atomic mass is 9.87. The number of hydrogen-bond donors (Lipinski definition) is 2. The largest absolute Gasteiger partial charge is 0.389 e. The average Bonchev–Trinajstić information content (AvgIpc) is 2.63. The van der Waals surface area contributed by atoms with Crippen LogP contribution in [0.4, 0.5) is 9.18 Å². The van der Waals surface area contributed by atoms with E-state index in [-0.39, 0.29) is 6.54 Å². The fraction of sp³-hybridized carbons (Fsp3) is 0.467. The quantitative estimate of drug-likeness (QED) is 0.831. The first-order chi connectivity index (χ1) is 9.69. The molecule has 1 atom stereocenters. The van der Waals surface area contributed by atoms with Crippen LogP contribution in [0.1, 0.15) is 32.8 Å². The van der Waals surface area contributed by atoms with E-state index < -0.39 is 28.9 Å². The van der Waals surface area contributed by atoms with Gasteiger partial charge < -0.3 is 10.4 Å². The summed E-state index contributed by atoms with van der Waals surface area (Å²) in [4.78, 5) is 25.8. The van der Waals surface area contributed by atoms with Crippen LogP contribution >= 0.6 is 0 Å². The molecule has 3 amide bonds. The second-order valence-electron chi connectivity index (χ2n) is 5.90. The molecule has 1 aromatic rings. The molecule has 1 heterocycles. The summed E-state index contributed by atoms with van der Waals surface area (Å²) in [5, 5.41) is 12.5. The minimum atomic E-state index is -1.20. The molecule has 0 aliphatic carbocycles. The molecule has 1 aromatic carbocycles. The molecule has 0 aromatic heterocycles. The Labute approximate surface area is 122 Å². The van der Waals surface area contributed by atoms with Crippen molar-refractivity contribution in [1.29, 1.82) is 0 Å². The van der Waals surface area contributed by atoms with Gasteiger partial charge in [-0.3, -0.25) is 9.69 Å². The highest BCUT2D eigenvalue weighted by Crippen LogP contribution is 2.33. The molecule has 5 nitrogen and oxygen atoms in total. The third kappa shape index (κ3) is 2.76. The molecule has 2 rings (SSSR count). The molecule has 2 N–H and O–H groups in total.